The monoisotopic (exact) mass is 279 g/mol. The van der Waals surface area contributed by atoms with E-state index >= 15 is 0 Å². The lowest BCUT2D eigenvalue weighted by molar-refractivity contribution is 0.0294. The summed E-state index contributed by atoms with van der Waals surface area (Å²) in [6.45, 7) is 6.00. The molecular weight excluding hydrogens is 258 g/mol. The topological polar surface area (TPSA) is 79.0 Å². The molecule has 0 atom stereocenters. The van der Waals surface area contributed by atoms with E-state index in [1.807, 2.05) is 0 Å². The summed E-state index contributed by atoms with van der Waals surface area (Å²) in [7, 11) is -1.04. The predicted molar refractivity (Wildman–Crippen MR) is 67.3 cm³/mol. The zero-order valence-electron chi connectivity index (χ0n) is 11.4. The Morgan fingerprint density at radius 1 is 1.28 bits per heavy atom. The molecule has 18 heavy (non-hydrogen) atoms. The molecule has 1 N–H and O–H groups in total. The maximum atomic E-state index is 12.1. The fraction of sp³-hybridized carbons (Fsp3) is 0.900. The lowest BCUT2D eigenvalue weighted by atomic mass is 10.2. The Hall–Kier alpha value is -0.860. The first-order valence-corrected chi connectivity index (χ1v) is 7.11. The first kappa shape index (κ1) is 15.2. The first-order valence-electron chi connectivity index (χ1n) is 5.71. The number of hydrogen-bond donors (Lipinski definition) is 1. The molecule has 0 spiro atoms. The molecule has 1 aliphatic heterocycles. The zero-order chi connectivity index (χ0) is 14.1. The fourth-order valence-electron chi connectivity index (χ4n) is 1.35. The SMILES string of the molecule is CN(C)S(=O)(=O)N(C(=O)OC(C)(C)C)C1CNC1. The predicted octanol–water partition coefficient (Wildman–Crippen LogP) is 0.00170. The highest BCUT2D eigenvalue weighted by molar-refractivity contribution is 7.87. The molecule has 0 radical (unpaired) electrons. The van der Waals surface area contributed by atoms with Crippen LogP contribution in [0.2, 0.25) is 0 Å². The van der Waals surface area contributed by atoms with E-state index in [0.717, 1.165) is 8.61 Å². The summed E-state index contributed by atoms with van der Waals surface area (Å²) >= 11 is 0. The van der Waals surface area contributed by atoms with Crippen molar-refractivity contribution in [1.29, 1.82) is 0 Å². The van der Waals surface area contributed by atoms with Crippen LogP contribution in [0.4, 0.5) is 4.79 Å². The van der Waals surface area contributed by atoms with Crippen molar-refractivity contribution in [2.45, 2.75) is 32.4 Å². The zero-order valence-corrected chi connectivity index (χ0v) is 12.2. The van der Waals surface area contributed by atoms with Gasteiger partial charge in [-0.05, 0) is 20.8 Å². The van der Waals surface area contributed by atoms with Gasteiger partial charge in [0, 0.05) is 27.2 Å². The third-order valence-electron chi connectivity index (χ3n) is 2.38. The summed E-state index contributed by atoms with van der Waals surface area (Å²) in [5.41, 5.74) is -0.728. The molecule has 0 bridgehead atoms. The van der Waals surface area contributed by atoms with Crippen LogP contribution in [-0.4, -0.2) is 61.9 Å². The van der Waals surface area contributed by atoms with Crippen LogP contribution >= 0.6 is 0 Å². The molecule has 1 amide bonds. The van der Waals surface area contributed by atoms with E-state index in [-0.39, 0.29) is 6.04 Å². The van der Waals surface area contributed by atoms with E-state index in [9.17, 15) is 13.2 Å². The maximum Gasteiger partial charge on any atom is 0.425 e. The Morgan fingerprint density at radius 3 is 2.06 bits per heavy atom. The van der Waals surface area contributed by atoms with Crippen molar-refractivity contribution < 1.29 is 17.9 Å². The average molecular weight is 279 g/mol. The summed E-state index contributed by atoms with van der Waals surface area (Å²) in [4.78, 5) is 12.0. The van der Waals surface area contributed by atoms with Gasteiger partial charge >= 0.3 is 16.3 Å². The average Bonchev–Trinajstić information content (AvgIpc) is 2.06. The minimum absolute atomic E-state index is 0.382. The Kier molecular flexibility index (Phi) is 4.24. The van der Waals surface area contributed by atoms with E-state index in [1.54, 1.807) is 20.8 Å². The van der Waals surface area contributed by atoms with Gasteiger partial charge in [-0.15, -0.1) is 0 Å². The highest BCUT2D eigenvalue weighted by atomic mass is 32.2. The van der Waals surface area contributed by atoms with Crippen molar-refractivity contribution in [2.75, 3.05) is 27.2 Å². The smallest absolute Gasteiger partial charge is 0.425 e. The van der Waals surface area contributed by atoms with Gasteiger partial charge < -0.3 is 10.1 Å². The van der Waals surface area contributed by atoms with Gasteiger partial charge in [0.05, 0.1) is 6.04 Å². The second kappa shape index (κ2) is 5.02. The minimum Gasteiger partial charge on any atom is -0.443 e. The van der Waals surface area contributed by atoms with Gasteiger partial charge in [-0.1, -0.05) is 0 Å². The van der Waals surface area contributed by atoms with Gasteiger partial charge in [0.25, 0.3) is 0 Å². The summed E-state index contributed by atoms with van der Waals surface area (Å²) < 4.78 is 31.2. The van der Waals surface area contributed by atoms with Crippen LogP contribution in [0.1, 0.15) is 20.8 Å². The number of ether oxygens (including phenoxy) is 1. The van der Waals surface area contributed by atoms with Crippen molar-refractivity contribution in [3.8, 4) is 0 Å². The minimum atomic E-state index is -3.82. The molecule has 1 fully saturated rings. The molecular formula is C10H21N3O4S. The van der Waals surface area contributed by atoms with Crippen LogP contribution in [0, 0.1) is 0 Å². The number of rotatable bonds is 3. The molecule has 0 unspecified atom stereocenters. The maximum absolute atomic E-state index is 12.1. The van der Waals surface area contributed by atoms with Crippen LogP contribution in [-0.2, 0) is 14.9 Å². The molecule has 0 aromatic carbocycles. The molecule has 0 aromatic rings. The van der Waals surface area contributed by atoms with Crippen LogP contribution in [0.25, 0.3) is 0 Å². The van der Waals surface area contributed by atoms with Gasteiger partial charge in [0.15, 0.2) is 0 Å². The van der Waals surface area contributed by atoms with Crippen molar-refractivity contribution in [3.63, 3.8) is 0 Å². The number of amides is 1. The highest BCUT2D eigenvalue weighted by Crippen LogP contribution is 2.18. The summed E-state index contributed by atoms with van der Waals surface area (Å²) in [6, 6.07) is -0.382. The second-order valence-corrected chi connectivity index (χ2v) is 7.40. The molecule has 106 valence electrons. The molecule has 1 rings (SSSR count). The van der Waals surface area contributed by atoms with Gasteiger partial charge in [-0.25, -0.2) is 4.79 Å². The van der Waals surface area contributed by atoms with Crippen LogP contribution < -0.4 is 5.32 Å². The van der Waals surface area contributed by atoms with Gasteiger partial charge in [0.2, 0.25) is 0 Å². The Bertz CT molecular complexity index is 409. The number of carbonyl (C=O) groups is 1. The number of carbonyl (C=O) groups excluding carboxylic acids is 1. The lowest BCUT2D eigenvalue weighted by Crippen LogP contribution is -2.62. The second-order valence-electron chi connectivity index (χ2n) is 5.38. The quantitative estimate of drug-likeness (QED) is 0.787. The third kappa shape index (κ3) is 3.33. The van der Waals surface area contributed by atoms with Crippen molar-refractivity contribution in [1.82, 2.24) is 13.9 Å². The standard InChI is InChI=1S/C10H21N3O4S/c1-10(2,3)17-9(14)13(8-6-11-7-8)18(15,16)12(4)5/h8,11H,6-7H2,1-5H3. The number of hydrogen-bond acceptors (Lipinski definition) is 5. The fourth-order valence-corrected chi connectivity index (χ4v) is 2.46. The van der Waals surface area contributed by atoms with E-state index in [1.165, 1.54) is 14.1 Å². The molecule has 8 heteroatoms. The van der Waals surface area contributed by atoms with E-state index in [0.29, 0.717) is 13.1 Å². The molecule has 7 nitrogen and oxygen atoms in total. The van der Waals surface area contributed by atoms with Crippen LogP contribution in [0.5, 0.6) is 0 Å². The first-order chi connectivity index (χ1) is 8.05. The molecule has 1 aliphatic rings. The Balaban J connectivity index is 2.96. The van der Waals surface area contributed by atoms with Gasteiger partial charge in [-0.2, -0.15) is 17.0 Å². The Morgan fingerprint density at radius 2 is 1.78 bits per heavy atom. The largest absolute Gasteiger partial charge is 0.443 e. The number of nitrogens with zero attached hydrogens (tertiary/aromatic N) is 2. The summed E-state index contributed by atoms with van der Waals surface area (Å²) in [6.07, 6.45) is -0.831. The molecule has 0 aromatic heterocycles. The van der Waals surface area contributed by atoms with Crippen molar-refractivity contribution in [2.24, 2.45) is 0 Å². The van der Waals surface area contributed by atoms with E-state index in [4.69, 9.17) is 4.74 Å². The molecule has 0 aliphatic carbocycles. The molecule has 0 saturated carbocycles. The molecule has 1 saturated heterocycles. The molecule has 1 heterocycles. The van der Waals surface area contributed by atoms with Crippen LogP contribution in [0.3, 0.4) is 0 Å². The highest BCUT2D eigenvalue weighted by Gasteiger charge is 2.41. The van der Waals surface area contributed by atoms with Crippen molar-refractivity contribution >= 4 is 16.3 Å². The summed E-state index contributed by atoms with van der Waals surface area (Å²) in [5.74, 6) is 0. The third-order valence-corrected chi connectivity index (χ3v) is 4.24. The lowest BCUT2D eigenvalue weighted by Gasteiger charge is -2.38. The van der Waals surface area contributed by atoms with Crippen LogP contribution in [0.15, 0.2) is 0 Å². The number of nitrogens with one attached hydrogen (secondary N) is 1. The summed E-state index contributed by atoms with van der Waals surface area (Å²) in [5, 5.41) is 2.94. The van der Waals surface area contributed by atoms with Gasteiger partial charge in [-0.3, -0.25) is 0 Å². The van der Waals surface area contributed by atoms with E-state index in [2.05, 4.69) is 5.32 Å². The normalized spacial score (nSPS) is 17.4. The Labute approximate surface area is 108 Å². The van der Waals surface area contributed by atoms with Gasteiger partial charge in [0.1, 0.15) is 5.60 Å². The van der Waals surface area contributed by atoms with E-state index < -0.39 is 21.9 Å². The van der Waals surface area contributed by atoms with Crippen molar-refractivity contribution in [3.05, 3.63) is 0 Å².